The first-order valence-corrected chi connectivity index (χ1v) is 6.03. The fourth-order valence-electron chi connectivity index (χ4n) is 1.79. The van der Waals surface area contributed by atoms with Crippen LogP contribution in [0.1, 0.15) is 22.3 Å². The summed E-state index contributed by atoms with van der Waals surface area (Å²) in [6.45, 7) is 0.490. The summed E-state index contributed by atoms with van der Waals surface area (Å²) in [5, 5.41) is 1.91. The van der Waals surface area contributed by atoms with Gasteiger partial charge < -0.3 is 4.74 Å². The Morgan fingerprint density at radius 1 is 1.29 bits per heavy atom. The van der Waals surface area contributed by atoms with Crippen LogP contribution in [0.2, 0.25) is 0 Å². The summed E-state index contributed by atoms with van der Waals surface area (Å²) in [4.78, 5) is 27.1. The van der Waals surface area contributed by atoms with Gasteiger partial charge in [-0.15, -0.1) is 0 Å². The number of nitrogens with zero attached hydrogens (tertiary/aromatic N) is 1. The molecule has 112 valence electrons. The molecule has 2 rings (SSSR count). The van der Waals surface area contributed by atoms with E-state index in [0.29, 0.717) is 19.1 Å². The van der Waals surface area contributed by atoms with Gasteiger partial charge in [0.15, 0.2) is 0 Å². The number of halogens is 3. The Bertz CT molecular complexity index is 597. The number of carbonyl (C=O) groups is 2. The summed E-state index contributed by atoms with van der Waals surface area (Å²) in [7, 11) is 0. The number of alkyl halides is 3. The highest BCUT2D eigenvalue weighted by molar-refractivity contribution is 6.10. The van der Waals surface area contributed by atoms with Crippen LogP contribution in [0, 0.1) is 0 Å². The van der Waals surface area contributed by atoms with E-state index in [1.165, 1.54) is 0 Å². The van der Waals surface area contributed by atoms with Crippen molar-refractivity contribution in [2.75, 3.05) is 13.2 Å². The number of nitrogens with one attached hydrogen (secondary N) is 1. The van der Waals surface area contributed by atoms with E-state index in [1.807, 2.05) is 5.32 Å². The number of hydrogen-bond acceptors (Lipinski definition) is 4. The molecule has 0 bridgehead atoms. The van der Waals surface area contributed by atoms with Crippen molar-refractivity contribution < 1.29 is 27.5 Å². The molecular weight excluding hydrogens is 289 g/mol. The molecule has 0 unspecified atom stereocenters. The molecular formula is C13H11F3N2O3. The highest BCUT2D eigenvalue weighted by atomic mass is 19.4. The van der Waals surface area contributed by atoms with Gasteiger partial charge in [0.1, 0.15) is 0 Å². The van der Waals surface area contributed by atoms with Crippen molar-refractivity contribution in [3.8, 4) is 0 Å². The van der Waals surface area contributed by atoms with Crippen LogP contribution in [-0.4, -0.2) is 30.0 Å². The maximum atomic E-state index is 12.8. The molecule has 5 nitrogen and oxygen atoms in total. The summed E-state index contributed by atoms with van der Waals surface area (Å²) in [6.07, 6.45) is -0.903. The van der Waals surface area contributed by atoms with Crippen molar-refractivity contribution >= 4 is 11.8 Å². The Labute approximate surface area is 117 Å². The molecule has 0 atom stereocenters. The molecule has 0 aliphatic carbocycles. The fourth-order valence-corrected chi connectivity index (χ4v) is 1.79. The van der Waals surface area contributed by atoms with Crippen LogP contribution in [0.5, 0.6) is 0 Å². The lowest BCUT2D eigenvalue weighted by molar-refractivity contribution is -0.138. The van der Waals surface area contributed by atoms with E-state index in [9.17, 15) is 22.8 Å². The summed E-state index contributed by atoms with van der Waals surface area (Å²) in [5.41, 5.74) is -1.63. The number of rotatable bonds is 2. The van der Waals surface area contributed by atoms with Gasteiger partial charge in [-0.3, -0.25) is 19.9 Å². The molecule has 2 heterocycles. The lowest BCUT2D eigenvalue weighted by Crippen LogP contribution is -2.35. The highest BCUT2D eigenvalue weighted by Crippen LogP contribution is 2.31. The first-order chi connectivity index (χ1) is 9.89. The molecule has 1 N–H and O–H groups in total. The molecule has 21 heavy (non-hydrogen) atoms. The van der Waals surface area contributed by atoms with E-state index in [4.69, 9.17) is 4.74 Å². The Kier molecular flexibility index (Phi) is 4.37. The Morgan fingerprint density at radius 3 is 2.67 bits per heavy atom. The third-order valence-electron chi connectivity index (χ3n) is 2.80. The number of imide groups is 1. The molecule has 1 aromatic rings. The van der Waals surface area contributed by atoms with Crippen LogP contribution in [0.3, 0.4) is 0 Å². The summed E-state index contributed by atoms with van der Waals surface area (Å²) in [5.74, 6) is -1.91. The van der Waals surface area contributed by atoms with E-state index in [2.05, 4.69) is 4.98 Å². The molecule has 1 aliphatic heterocycles. The average molecular weight is 300 g/mol. The molecule has 0 saturated carbocycles. The standard InChI is InChI=1S/C13H11F3N2O3/c14-13(15,16)10-3-4-17-6-9(10)12(20)18-11(19)8-2-1-5-21-7-8/h2-4,6H,1,5,7H2,(H,18,19,20). The van der Waals surface area contributed by atoms with Crippen LogP contribution < -0.4 is 5.32 Å². The van der Waals surface area contributed by atoms with Crippen molar-refractivity contribution in [1.82, 2.24) is 10.3 Å². The van der Waals surface area contributed by atoms with Crippen molar-refractivity contribution in [1.29, 1.82) is 0 Å². The minimum absolute atomic E-state index is 0.0261. The molecule has 0 saturated heterocycles. The monoisotopic (exact) mass is 300 g/mol. The molecule has 0 fully saturated rings. The summed E-state index contributed by atoms with van der Waals surface area (Å²) < 4.78 is 43.4. The summed E-state index contributed by atoms with van der Waals surface area (Å²) >= 11 is 0. The molecule has 1 aromatic heterocycles. The summed E-state index contributed by atoms with van der Waals surface area (Å²) in [6, 6.07) is 0.683. The average Bonchev–Trinajstić information content (AvgIpc) is 2.47. The second-order valence-corrected chi connectivity index (χ2v) is 4.27. The molecule has 0 radical (unpaired) electrons. The molecule has 1 aliphatic rings. The van der Waals surface area contributed by atoms with E-state index in [1.54, 1.807) is 6.08 Å². The van der Waals surface area contributed by atoms with Crippen LogP contribution in [0.15, 0.2) is 30.1 Å². The van der Waals surface area contributed by atoms with Crippen molar-refractivity contribution in [3.63, 3.8) is 0 Å². The first-order valence-electron chi connectivity index (χ1n) is 6.03. The first kappa shape index (κ1) is 15.2. The number of pyridine rings is 1. The lowest BCUT2D eigenvalue weighted by Gasteiger charge is -2.14. The van der Waals surface area contributed by atoms with Gasteiger partial charge in [0, 0.05) is 18.0 Å². The van der Waals surface area contributed by atoms with Crippen LogP contribution in [-0.2, 0) is 15.7 Å². The van der Waals surface area contributed by atoms with E-state index >= 15 is 0 Å². The lowest BCUT2D eigenvalue weighted by atomic mass is 10.1. The van der Waals surface area contributed by atoms with E-state index in [-0.39, 0.29) is 12.2 Å². The van der Waals surface area contributed by atoms with Gasteiger partial charge in [-0.05, 0) is 12.5 Å². The van der Waals surface area contributed by atoms with Gasteiger partial charge in [-0.25, -0.2) is 0 Å². The maximum absolute atomic E-state index is 12.8. The number of aromatic nitrogens is 1. The Balaban J connectivity index is 2.18. The van der Waals surface area contributed by atoms with E-state index in [0.717, 1.165) is 12.4 Å². The van der Waals surface area contributed by atoms with Crippen molar-refractivity contribution in [2.45, 2.75) is 12.6 Å². The molecule has 0 aromatic carbocycles. The zero-order valence-electron chi connectivity index (χ0n) is 10.7. The Morgan fingerprint density at radius 2 is 2.05 bits per heavy atom. The second-order valence-electron chi connectivity index (χ2n) is 4.27. The smallest absolute Gasteiger partial charge is 0.376 e. The second kappa shape index (κ2) is 6.04. The van der Waals surface area contributed by atoms with Crippen molar-refractivity contribution in [3.05, 3.63) is 41.2 Å². The van der Waals surface area contributed by atoms with Crippen molar-refractivity contribution in [2.24, 2.45) is 0 Å². The number of carbonyl (C=O) groups excluding carboxylic acids is 2. The van der Waals surface area contributed by atoms with Gasteiger partial charge in [-0.2, -0.15) is 13.2 Å². The maximum Gasteiger partial charge on any atom is 0.417 e. The molecule has 8 heteroatoms. The van der Waals surface area contributed by atoms with Gasteiger partial charge in [0.2, 0.25) is 0 Å². The van der Waals surface area contributed by atoms with Gasteiger partial charge in [0.25, 0.3) is 11.8 Å². The quantitative estimate of drug-likeness (QED) is 0.844. The molecule has 0 spiro atoms. The normalized spacial score (nSPS) is 15.3. The SMILES string of the molecule is O=C(NC(=O)c1cnccc1C(F)(F)F)C1=CCCOC1. The molecule has 2 amide bonds. The zero-order valence-corrected chi connectivity index (χ0v) is 10.7. The predicted octanol–water partition coefficient (Wildman–Crippen LogP) is 1.70. The largest absolute Gasteiger partial charge is 0.417 e. The predicted molar refractivity (Wildman–Crippen MR) is 65.2 cm³/mol. The third-order valence-corrected chi connectivity index (χ3v) is 2.80. The van der Waals surface area contributed by atoms with Gasteiger partial charge in [-0.1, -0.05) is 6.08 Å². The minimum Gasteiger partial charge on any atom is -0.376 e. The Hall–Kier alpha value is -2.22. The van der Waals surface area contributed by atoms with Crippen LogP contribution in [0.25, 0.3) is 0 Å². The number of hydrogen-bond donors (Lipinski definition) is 1. The minimum atomic E-state index is -4.70. The zero-order chi connectivity index (χ0) is 15.5. The van der Waals surface area contributed by atoms with Gasteiger partial charge in [0.05, 0.1) is 24.3 Å². The van der Waals surface area contributed by atoms with Crippen LogP contribution >= 0.6 is 0 Å². The number of amides is 2. The fraction of sp³-hybridized carbons (Fsp3) is 0.308. The topological polar surface area (TPSA) is 68.3 Å². The van der Waals surface area contributed by atoms with E-state index < -0.39 is 29.1 Å². The van der Waals surface area contributed by atoms with Gasteiger partial charge >= 0.3 is 6.18 Å². The number of ether oxygens (including phenoxy) is 1. The highest BCUT2D eigenvalue weighted by Gasteiger charge is 2.35. The third kappa shape index (κ3) is 3.66. The van der Waals surface area contributed by atoms with Crippen LogP contribution in [0.4, 0.5) is 13.2 Å².